The topological polar surface area (TPSA) is 40.7 Å². The summed E-state index contributed by atoms with van der Waals surface area (Å²) in [7, 11) is 0. The monoisotopic (exact) mass is 273 g/mol. The molecule has 0 atom stereocenters. The van der Waals surface area contributed by atoms with Gasteiger partial charge in [0, 0.05) is 17.8 Å². The first-order chi connectivity index (χ1) is 9.63. The summed E-state index contributed by atoms with van der Waals surface area (Å²) in [4.78, 5) is 7.44. The number of hydrogen-bond donors (Lipinski definition) is 2. The molecule has 0 aliphatic rings. The summed E-state index contributed by atoms with van der Waals surface area (Å²) in [5.74, 6) is -0.796. The van der Waals surface area contributed by atoms with Gasteiger partial charge in [-0.05, 0) is 31.2 Å². The van der Waals surface area contributed by atoms with Crippen molar-refractivity contribution in [1.82, 2.24) is 9.97 Å². The van der Waals surface area contributed by atoms with Gasteiger partial charge in [-0.1, -0.05) is 12.1 Å². The Hall–Kier alpha value is -2.43. The van der Waals surface area contributed by atoms with Gasteiger partial charge in [0.15, 0.2) is 11.6 Å². The molecule has 0 radical (unpaired) electrons. The van der Waals surface area contributed by atoms with Crippen LogP contribution in [0.4, 0.5) is 14.5 Å². The van der Waals surface area contributed by atoms with Crippen LogP contribution in [0.5, 0.6) is 0 Å². The first-order valence-electron chi connectivity index (χ1n) is 6.26. The lowest BCUT2D eigenvalue weighted by atomic mass is 10.2. The number of benzene rings is 2. The zero-order valence-electron chi connectivity index (χ0n) is 10.9. The molecule has 3 nitrogen and oxygen atoms in total. The largest absolute Gasteiger partial charge is 0.381 e. The van der Waals surface area contributed by atoms with Gasteiger partial charge in [-0.2, -0.15) is 0 Å². The number of fused-ring (bicyclic) bond motifs is 1. The highest BCUT2D eigenvalue weighted by Crippen LogP contribution is 2.19. The molecule has 2 aromatic carbocycles. The zero-order chi connectivity index (χ0) is 14.1. The maximum Gasteiger partial charge on any atom is 0.163 e. The molecule has 0 aliphatic heterocycles. The van der Waals surface area contributed by atoms with Crippen molar-refractivity contribution in [3.05, 3.63) is 59.4 Å². The molecular weight excluding hydrogens is 260 g/mol. The molecule has 102 valence electrons. The van der Waals surface area contributed by atoms with Gasteiger partial charge in [0.05, 0.1) is 11.0 Å². The van der Waals surface area contributed by atoms with Crippen molar-refractivity contribution in [2.45, 2.75) is 13.5 Å². The normalized spacial score (nSPS) is 10.9. The first-order valence-corrected chi connectivity index (χ1v) is 6.26. The van der Waals surface area contributed by atoms with Gasteiger partial charge >= 0.3 is 0 Å². The number of anilines is 1. The van der Waals surface area contributed by atoms with E-state index >= 15 is 0 Å². The van der Waals surface area contributed by atoms with Gasteiger partial charge in [-0.3, -0.25) is 0 Å². The standard InChI is InChI=1S/C15H13F2N3/c1-9-19-13-6-5-11(7-14(13)20-9)18-8-10-3-2-4-12(16)15(10)17/h2-7,18H,8H2,1H3,(H,19,20). The van der Waals surface area contributed by atoms with Crippen LogP contribution in [0, 0.1) is 18.6 Å². The number of aromatic nitrogens is 2. The van der Waals surface area contributed by atoms with Crippen LogP contribution in [0.25, 0.3) is 11.0 Å². The van der Waals surface area contributed by atoms with Crippen molar-refractivity contribution in [3.8, 4) is 0 Å². The van der Waals surface area contributed by atoms with E-state index in [9.17, 15) is 8.78 Å². The van der Waals surface area contributed by atoms with E-state index in [-0.39, 0.29) is 6.54 Å². The van der Waals surface area contributed by atoms with Crippen LogP contribution in [0.1, 0.15) is 11.4 Å². The number of imidazole rings is 1. The van der Waals surface area contributed by atoms with Gasteiger partial charge in [0.1, 0.15) is 5.82 Å². The Morgan fingerprint density at radius 3 is 2.90 bits per heavy atom. The summed E-state index contributed by atoms with van der Waals surface area (Å²) < 4.78 is 26.6. The molecule has 5 heteroatoms. The predicted molar refractivity (Wildman–Crippen MR) is 74.5 cm³/mol. The van der Waals surface area contributed by atoms with Crippen LogP contribution in [-0.2, 0) is 6.54 Å². The molecule has 3 rings (SSSR count). The Morgan fingerprint density at radius 1 is 1.20 bits per heavy atom. The van der Waals surface area contributed by atoms with Crippen molar-refractivity contribution in [1.29, 1.82) is 0 Å². The molecule has 3 aromatic rings. The van der Waals surface area contributed by atoms with Crippen LogP contribution >= 0.6 is 0 Å². The number of halogens is 2. The first kappa shape index (κ1) is 12.6. The van der Waals surface area contributed by atoms with Gasteiger partial charge < -0.3 is 10.3 Å². The maximum atomic E-state index is 13.5. The highest BCUT2D eigenvalue weighted by atomic mass is 19.2. The molecular formula is C15H13F2N3. The summed E-state index contributed by atoms with van der Waals surface area (Å²) in [6, 6.07) is 9.80. The van der Waals surface area contributed by atoms with Gasteiger partial charge in [0.2, 0.25) is 0 Å². The minimum atomic E-state index is -0.830. The quantitative estimate of drug-likeness (QED) is 0.762. The second kappa shape index (κ2) is 4.92. The third-order valence-electron chi connectivity index (χ3n) is 3.11. The molecule has 0 saturated carbocycles. The van der Waals surface area contributed by atoms with Crippen molar-refractivity contribution in [3.63, 3.8) is 0 Å². The van der Waals surface area contributed by atoms with Crippen molar-refractivity contribution in [2.75, 3.05) is 5.32 Å². The average molecular weight is 273 g/mol. The molecule has 20 heavy (non-hydrogen) atoms. The van der Waals surface area contributed by atoms with Crippen LogP contribution < -0.4 is 5.32 Å². The molecule has 1 aromatic heterocycles. The lowest BCUT2D eigenvalue weighted by Crippen LogP contribution is -2.03. The van der Waals surface area contributed by atoms with E-state index in [0.717, 1.165) is 28.6 Å². The second-order valence-electron chi connectivity index (χ2n) is 4.62. The molecule has 0 spiro atoms. The highest BCUT2D eigenvalue weighted by Gasteiger charge is 2.07. The summed E-state index contributed by atoms with van der Waals surface area (Å²) in [5.41, 5.74) is 2.91. The minimum Gasteiger partial charge on any atom is -0.381 e. The lowest BCUT2D eigenvalue weighted by Gasteiger charge is -2.07. The number of aryl methyl sites for hydroxylation is 1. The van der Waals surface area contributed by atoms with Crippen LogP contribution in [0.15, 0.2) is 36.4 Å². The fourth-order valence-electron chi connectivity index (χ4n) is 2.13. The smallest absolute Gasteiger partial charge is 0.163 e. The average Bonchev–Trinajstić information content (AvgIpc) is 2.79. The number of nitrogens with zero attached hydrogens (tertiary/aromatic N) is 1. The summed E-state index contributed by atoms with van der Waals surface area (Å²) in [6.45, 7) is 2.11. The van der Waals surface area contributed by atoms with E-state index in [1.807, 2.05) is 25.1 Å². The number of rotatable bonds is 3. The molecule has 0 amide bonds. The van der Waals surface area contributed by atoms with Gasteiger partial charge in [-0.15, -0.1) is 0 Å². The Bertz CT molecular complexity index is 765. The number of H-pyrrole nitrogens is 1. The van der Waals surface area contributed by atoms with Crippen molar-refractivity contribution < 1.29 is 8.78 Å². The predicted octanol–water partition coefficient (Wildman–Crippen LogP) is 3.76. The van der Waals surface area contributed by atoms with E-state index in [4.69, 9.17) is 0 Å². The summed E-state index contributed by atoms with van der Waals surface area (Å²) in [5, 5.41) is 3.08. The summed E-state index contributed by atoms with van der Waals surface area (Å²) in [6.07, 6.45) is 0. The van der Waals surface area contributed by atoms with E-state index in [1.165, 1.54) is 6.07 Å². The molecule has 0 aliphatic carbocycles. The molecule has 0 unspecified atom stereocenters. The Kier molecular flexibility index (Phi) is 3.10. The van der Waals surface area contributed by atoms with Crippen molar-refractivity contribution >= 4 is 16.7 Å². The van der Waals surface area contributed by atoms with Crippen molar-refractivity contribution in [2.24, 2.45) is 0 Å². The Labute approximate surface area is 114 Å². The molecule has 0 saturated heterocycles. The third kappa shape index (κ3) is 2.34. The van der Waals surface area contributed by atoms with Crippen LogP contribution in [0.2, 0.25) is 0 Å². The lowest BCUT2D eigenvalue weighted by molar-refractivity contribution is 0.500. The number of hydrogen-bond acceptors (Lipinski definition) is 2. The van der Waals surface area contributed by atoms with E-state index < -0.39 is 11.6 Å². The molecule has 0 bridgehead atoms. The number of nitrogens with one attached hydrogen (secondary N) is 2. The van der Waals surface area contributed by atoms with E-state index in [2.05, 4.69) is 15.3 Å². The fraction of sp³-hybridized carbons (Fsp3) is 0.133. The molecule has 2 N–H and O–H groups in total. The van der Waals surface area contributed by atoms with E-state index in [1.54, 1.807) is 6.07 Å². The SMILES string of the molecule is Cc1nc2ccc(NCc3cccc(F)c3F)cc2[nH]1. The zero-order valence-corrected chi connectivity index (χ0v) is 10.9. The Morgan fingerprint density at radius 2 is 2.05 bits per heavy atom. The fourth-order valence-corrected chi connectivity index (χ4v) is 2.13. The third-order valence-corrected chi connectivity index (χ3v) is 3.11. The van der Waals surface area contributed by atoms with Gasteiger partial charge in [0.25, 0.3) is 0 Å². The maximum absolute atomic E-state index is 13.5. The number of aromatic amines is 1. The minimum absolute atomic E-state index is 0.224. The Balaban J connectivity index is 1.81. The van der Waals surface area contributed by atoms with Crippen LogP contribution in [0.3, 0.4) is 0 Å². The highest BCUT2D eigenvalue weighted by molar-refractivity contribution is 5.79. The molecule has 1 heterocycles. The van der Waals surface area contributed by atoms with E-state index in [0.29, 0.717) is 5.56 Å². The second-order valence-corrected chi connectivity index (χ2v) is 4.62. The summed E-state index contributed by atoms with van der Waals surface area (Å²) >= 11 is 0. The molecule has 0 fully saturated rings. The van der Waals surface area contributed by atoms with Crippen LogP contribution in [-0.4, -0.2) is 9.97 Å². The van der Waals surface area contributed by atoms with Gasteiger partial charge in [-0.25, -0.2) is 13.8 Å².